The SMILES string of the molecule is COC[C@H]1CN(C(=O)NCc2ccccc2C)CCO1. The Kier molecular flexibility index (Phi) is 5.38. The molecule has 1 heterocycles. The number of urea groups is 1. The Labute approximate surface area is 119 Å². The van der Waals surface area contributed by atoms with Gasteiger partial charge >= 0.3 is 6.03 Å². The molecule has 0 spiro atoms. The van der Waals surface area contributed by atoms with Crippen LogP contribution in [0.15, 0.2) is 24.3 Å². The molecule has 20 heavy (non-hydrogen) atoms. The molecule has 5 nitrogen and oxygen atoms in total. The molecule has 1 aliphatic heterocycles. The highest BCUT2D eigenvalue weighted by Gasteiger charge is 2.23. The van der Waals surface area contributed by atoms with Crippen LogP contribution in [0.3, 0.4) is 0 Å². The van der Waals surface area contributed by atoms with Crippen LogP contribution in [0.5, 0.6) is 0 Å². The van der Waals surface area contributed by atoms with E-state index in [-0.39, 0.29) is 12.1 Å². The van der Waals surface area contributed by atoms with E-state index < -0.39 is 0 Å². The fourth-order valence-electron chi connectivity index (χ4n) is 2.28. The lowest BCUT2D eigenvalue weighted by molar-refractivity contribution is -0.0494. The zero-order chi connectivity index (χ0) is 14.4. The lowest BCUT2D eigenvalue weighted by atomic mass is 10.1. The van der Waals surface area contributed by atoms with E-state index in [0.717, 1.165) is 5.56 Å². The highest BCUT2D eigenvalue weighted by atomic mass is 16.5. The quantitative estimate of drug-likeness (QED) is 0.909. The van der Waals surface area contributed by atoms with Crippen LogP contribution >= 0.6 is 0 Å². The van der Waals surface area contributed by atoms with Crippen molar-refractivity contribution >= 4 is 6.03 Å². The molecule has 1 atom stereocenters. The molecule has 1 aromatic rings. The van der Waals surface area contributed by atoms with E-state index in [1.54, 1.807) is 12.0 Å². The summed E-state index contributed by atoms with van der Waals surface area (Å²) in [5, 5.41) is 2.96. The topological polar surface area (TPSA) is 50.8 Å². The molecule has 0 saturated carbocycles. The number of nitrogens with one attached hydrogen (secondary N) is 1. The van der Waals surface area contributed by atoms with Crippen LogP contribution in [0.2, 0.25) is 0 Å². The van der Waals surface area contributed by atoms with Gasteiger partial charge in [-0.3, -0.25) is 0 Å². The molecule has 0 unspecified atom stereocenters. The largest absolute Gasteiger partial charge is 0.382 e. The van der Waals surface area contributed by atoms with Gasteiger partial charge in [0.2, 0.25) is 0 Å². The molecule has 1 fully saturated rings. The van der Waals surface area contributed by atoms with Crippen molar-refractivity contribution in [1.82, 2.24) is 10.2 Å². The summed E-state index contributed by atoms with van der Waals surface area (Å²) >= 11 is 0. The minimum atomic E-state index is -0.0438. The van der Waals surface area contributed by atoms with Crippen LogP contribution in [0.1, 0.15) is 11.1 Å². The van der Waals surface area contributed by atoms with Crippen molar-refractivity contribution in [3.8, 4) is 0 Å². The minimum Gasteiger partial charge on any atom is -0.382 e. The monoisotopic (exact) mass is 278 g/mol. The first-order chi connectivity index (χ1) is 9.70. The van der Waals surface area contributed by atoms with Crippen molar-refractivity contribution in [1.29, 1.82) is 0 Å². The molecular formula is C15H22N2O3. The second-order valence-corrected chi connectivity index (χ2v) is 4.98. The van der Waals surface area contributed by atoms with Gasteiger partial charge in [0.1, 0.15) is 0 Å². The number of nitrogens with zero attached hydrogens (tertiary/aromatic N) is 1. The number of ether oxygens (including phenoxy) is 2. The Balaban J connectivity index is 1.84. The zero-order valence-corrected chi connectivity index (χ0v) is 12.1. The molecule has 0 aromatic heterocycles. The van der Waals surface area contributed by atoms with E-state index in [1.807, 2.05) is 31.2 Å². The summed E-state index contributed by atoms with van der Waals surface area (Å²) in [4.78, 5) is 13.9. The Hall–Kier alpha value is -1.59. The van der Waals surface area contributed by atoms with Crippen LogP contribution in [-0.2, 0) is 16.0 Å². The second kappa shape index (κ2) is 7.26. The lowest BCUT2D eigenvalue weighted by Gasteiger charge is -2.32. The molecule has 0 bridgehead atoms. The molecular weight excluding hydrogens is 256 g/mol. The fourth-order valence-corrected chi connectivity index (χ4v) is 2.28. The van der Waals surface area contributed by atoms with Crippen molar-refractivity contribution in [3.63, 3.8) is 0 Å². The average molecular weight is 278 g/mol. The fraction of sp³-hybridized carbons (Fsp3) is 0.533. The number of amides is 2. The maximum Gasteiger partial charge on any atom is 0.317 e. The van der Waals surface area contributed by atoms with E-state index in [0.29, 0.717) is 32.8 Å². The van der Waals surface area contributed by atoms with E-state index in [2.05, 4.69) is 5.32 Å². The third kappa shape index (κ3) is 3.95. The van der Waals surface area contributed by atoms with Gasteiger partial charge in [0.15, 0.2) is 0 Å². The van der Waals surface area contributed by atoms with E-state index in [9.17, 15) is 4.79 Å². The lowest BCUT2D eigenvalue weighted by Crippen LogP contribution is -2.50. The second-order valence-electron chi connectivity index (χ2n) is 4.98. The summed E-state index contributed by atoms with van der Waals surface area (Å²) in [7, 11) is 1.64. The smallest absolute Gasteiger partial charge is 0.317 e. The third-order valence-corrected chi connectivity index (χ3v) is 3.47. The number of hydrogen-bond donors (Lipinski definition) is 1. The maximum atomic E-state index is 12.2. The van der Waals surface area contributed by atoms with Gasteiger partial charge in [0.25, 0.3) is 0 Å². The van der Waals surface area contributed by atoms with Gasteiger partial charge < -0.3 is 19.7 Å². The van der Waals surface area contributed by atoms with Gasteiger partial charge in [0.05, 0.1) is 25.9 Å². The van der Waals surface area contributed by atoms with Crippen LogP contribution in [0, 0.1) is 6.92 Å². The molecule has 1 aromatic carbocycles. The van der Waals surface area contributed by atoms with Crippen molar-refractivity contribution in [2.24, 2.45) is 0 Å². The number of morpholine rings is 1. The van der Waals surface area contributed by atoms with Crippen LogP contribution in [0.25, 0.3) is 0 Å². The maximum absolute atomic E-state index is 12.2. The summed E-state index contributed by atoms with van der Waals surface area (Å²) in [5.74, 6) is 0. The van der Waals surface area contributed by atoms with E-state index >= 15 is 0 Å². The highest BCUT2D eigenvalue weighted by Crippen LogP contribution is 2.08. The molecule has 1 N–H and O–H groups in total. The first-order valence-electron chi connectivity index (χ1n) is 6.88. The first-order valence-corrected chi connectivity index (χ1v) is 6.88. The van der Waals surface area contributed by atoms with Crippen molar-refractivity contribution < 1.29 is 14.3 Å². The number of aryl methyl sites for hydroxylation is 1. The molecule has 1 aliphatic rings. The van der Waals surface area contributed by atoms with Crippen LogP contribution in [-0.4, -0.2) is 50.4 Å². The van der Waals surface area contributed by atoms with Gasteiger partial charge in [-0.1, -0.05) is 24.3 Å². The molecule has 0 aliphatic carbocycles. The van der Waals surface area contributed by atoms with Crippen LogP contribution in [0.4, 0.5) is 4.79 Å². The van der Waals surface area contributed by atoms with Gasteiger partial charge in [-0.05, 0) is 18.1 Å². The standard InChI is InChI=1S/C15H22N2O3/c1-12-5-3-4-6-13(12)9-16-15(18)17-7-8-20-14(10-17)11-19-2/h3-6,14H,7-11H2,1-2H3,(H,16,18)/t14-/m1/s1. The summed E-state index contributed by atoms with van der Waals surface area (Å²) in [6.07, 6.45) is -0.0297. The van der Waals surface area contributed by atoms with Gasteiger partial charge in [-0.15, -0.1) is 0 Å². The minimum absolute atomic E-state index is 0.0297. The van der Waals surface area contributed by atoms with Crippen molar-refractivity contribution in [3.05, 3.63) is 35.4 Å². The summed E-state index contributed by atoms with van der Waals surface area (Å²) in [6, 6.07) is 8.02. The summed E-state index contributed by atoms with van der Waals surface area (Å²) < 4.78 is 10.6. The van der Waals surface area contributed by atoms with Crippen LogP contribution < -0.4 is 5.32 Å². The van der Waals surface area contributed by atoms with Crippen molar-refractivity contribution in [2.75, 3.05) is 33.4 Å². The molecule has 0 radical (unpaired) electrons. The highest BCUT2D eigenvalue weighted by molar-refractivity contribution is 5.74. The number of hydrogen-bond acceptors (Lipinski definition) is 3. The first kappa shape index (κ1) is 14.8. The predicted molar refractivity (Wildman–Crippen MR) is 76.6 cm³/mol. The predicted octanol–water partition coefficient (Wildman–Crippen LogP) is 1.55. The molecule has 110 valence electrons. The number of rotatable bonds is 4. The third-order valence-electron chi connectivity index (χ3n) is 3.47. The van der Waals surface area contributed by atoms with Gasteiger partial charge in [0, 0.05) is 20.2 Å². The van der Waals surface area contributed by atoms with Gasteiger partial charge in [-0.25, -0.2) is 4.79 Å². The zero-order valence-electron chi connectivity index (χ0n) is 12.1. The molecule has 1 saturated heterocycles. The van der Waals surface area contributed by atoms with Gasteiger partial charge in [-0.2, -0.15) is 0 Å². The number of methoxy groups -OCH3 is 1. The number of benzene rings is 1. The summed E-state index contributed by atoms with van der Waals surface area (Å²) in [6.45, 7) is 4.88. The normalized spacial score (nSPS) is 18.9. The van der Waals surface area contributed by atoms with E-state index in [4.69, 9.17) is 9.47 Å². The Morgan fingerprint density at radius 1 is 1.50 bits per heavy atom. The molecule has 2 amide bonds. The molecule has 5 heteroatoms. The summed E-state index contributed by atoms with van der Waals surface area (Å²) in [5.41, 5.74) is 2.33. The average Bonchev–Trinajstić information content (AvgIpc) is 2.47. The Morgan fingerprint density at radius 2 is 2.30 bits per heavy atom. The Bertz CT molecular complexity index is 448. The molecule has 2 rings (SSSR count). The number of carbonyl (C=O) groups is 1. The van der Waals surface area contributed by atoms with E-state index in [1.165, 1.54) is 5.56 Å². The Morgan fingerprint density at radius 3 is 3.05 bits per heavy atom. The van der Waals surface area contributed by atoms with Crippen molar-refractivity contribution in [2.45, 2.75) is 19.6 Å². The number of carbonyl (C=O) groups excluding carboxylic acids is 1.